The number of anilines is 2. The lowest BCUT2D eigenvalue weighted by Gasteiger charge is -2.11. The van der Waals surface area contributed by atoms with Crippen molar-refractivity contribution in [2.24, 2.45) is 0 Å². The van der Waals surface area contributed by atoms with Gasteiger partial charge in [0, 0.05) is 36.0 Å². The van der Waals surface area contributed by atoms with Crippen LogP contribution in [0.5, 0.6) is 0 Å². The van der Waals surface area contributed by atoms with Crippen molar-refractivity contribution in [3.8, 4) is 11.3 Å². The maximum absolute atomic E-state index is 12.3. The minimum atomic E-state index is -0.226. The second kappa shape index (κ2) is 7.39. The number of halogens is 1. The van der Waals surface area contributed by atoms with Crippen molar-refractivity contribution in [2.75, 3.05) is 11.1 Å². The molecule has 4 rings (SSSR count). The number of fused-ring (bicyclic) bond motifs is 1. The number of nitrogen functional groups attached to an aromatic ring is 1. The Labute approximate surface area is 168 Å². The van der Waals surface area contributed by atoms with Crippen LogP contribution in [0.3, 0.4) is 0 Å². The molecule has 8 heteroatoms. The van der Waals surface area contributed by atoms with E-state index in [4.69, 9.17) is 5.73 Å². The van der Waals surface area contributed by atoms with Crippen molar-refractivity contribution in [3.05, 3.63) is 70.8 Å². The maximum atomic E-state index is 12.3. The van der Waals surface area contributed by atoms with Gasteiger partial charge in [-0.1, -0.05) is 34.7 Å². The van der Waals surface area contributed by atoms with E-state index in [-0.39, 0.29) is 11.1 Å². The third-order valence-electron chi connectivity index (χ3n) is 4.27. The zero-order valence-electron chi connectivity index (χ0n) is 14.3. The Morgan fingerprint density at radius 2 is 2.15 bits per heavy atom. The lowest BCUT2D eigenvalue weighted by Crippen LogP contribution is -2.14. The molecule has 0 atom stereocenters. The molecule has 4 aromatic rings. The fourth-order valence-electron chi connectivity index (χ4n) is 2.86. The summed E-state index contributed by atoms with van der Waals surface area (Å²) in [4.78, 5) is 19.8. The number of hydrogen-bond acceptors (Lipinski definition) is 5. The highest BCUT2D eigenvalue weighted by Crippen LogP contribution is 2.21. The molecule has 3 aromatic heterocycles. The zero-order valence-corrected chi connectivity index (χ0v) is 16.5. The van der Waals surface area contributed by atoms with E-state index < -0.39 is 0 Å². The first-order valence-electron chi connectivity index (χ1n) is 8.33. The maximum Gasteiger partial charge on any atom is 0.207 e. The molecule has 0 aliphatic heterocycles. The molecule has 7 nitrogen and oxygen atoms in total. The number of aromatic nitrogens is 4. The van der Waals surface area contributed by atoms with E-state index in [1.165, 1.54) is 6.07 Å². The van der Waals surface area contributed by atoms with Gasteiger partial charge in [0.15, 0.2) is 0 Å². The average Bonchev–Trinajstić information content (AvgIpc) is 3.18. The molecular formula is C19H17IN6O. The lowest BCUT2D eigenvalue weighted by molar-refractivity contribution is 0.768. The van der Waals surface area contributed by atoms with E-state index in [0.29, 0.717) is 18.1 Å². The van der Waals surface area contributed by atoms with Crippen molar-refractivity contribution in [1.29, 1.82) is 0 Å². The molecule has 27 heavy (non-hydrogen) atoms. The molecule has 0 radical (unpaired) electrons. The average molecular weight is 472 g/mol. The fraction of sp³-hybridized carbons (Fsp3) is 0.105. The molecular weight excluding hydrogens is 455 g/mol. The normalized spacial score (nSPS) is 11.0. The van der Waals surface area contributed by atoms with Gasteiger partial charge in [0.05, 0.1) is 22.0 Å². The summed E-state index contributed by atoms with van der Waals surface area (Å²) in [6, 6.07) is 11.5. The van der Waals surface area contributed by atoms with Crippen LogP contribution in [-0.4, -0.2) is 19.7 Å². The van der Waals surface area contributed by atoms with Gasteiger partial charge in [-0.05, 0) is 23.8 Å². The smallest absolute Gasteiger partial charge is 0.207 e. The monoisotopic (exact) mass is 472 g/mol. The van der Waals surface area contributed by atoms with Crippen molar-refractivity contribution in [3.63, 3.8) is 0 Å². The van der Waals surface area contributed by atoms with Gasteiger partial charge < -0.3 is 16.0 Å². The summed E-state index contributed by atoms with van der Waals surface area (Å²) < 4.78 is 2.53. The largest absolute Gasteiger partial charge is 0.393 e. The van der Waals surface area contributed by atoms with Gasteiger partial charge in [0.1, 0.15) is 11.5 Å². The van der Waals surface area contributed by atoms with E-state index in [1.54, 1.807) is 17.1 Å². The second-order valence-electron chi connectivity index (χ2n) is 6.11. The first-order valence-corrected chi connectivity index (χ1v) is 9.86. The fourth-order valence-corrected chi connectivity index (χ4v) is 3.23. The quantitative estimate of drug-likeness (QED) is 0.306. The number of nitrogens with two attached hydrogens (primary N) is 1. The highest BCUT2D eigenvalue weighted by Gasteiger charge is 2.10. The van der Waals surface area contributed by atoms with Crippen LogP contribution in [0.1, 0.15) is 5.56 Å². The molecule has 0 aliphatic rings. The first kappa shape index (κ1) is 17.5. The van der Waals surface area contributed by atoms with Crippen LogP contribution in [0, 0.1) is 0 Å². The van der Waals surface area contributed by atoms with Gasteiger partial charge in [-0.2, -0.15) is 5.10 Å². The third-order valence-corrected chi connectivity index (χ3v) is 4.97. The molecule has 0 saturated carbocycles. The SMILES string of the molecule is Nc1c(NCc2ccc3ncccc3c2)[nH]c(-c2cnn(CI)c2)cc1=O. The number of alkyl halides is 1. The predicted molar refractivity (Wildman–Crippen MR) is 116 cm³/mol. The van der Waals surface area contributed by atoms with Crippen LogP contribution >= 0.6 is 22.6 Å². The third kappa shape index (κ3) is 3.65. The second-order valence-corrected chi connectivity index (χ2v) is 6.79. The predicted octanol–water partition coefficient (Wildman–Crippen LogP) is 3.37. The van der Waals surface area contributed by atoms with Crippen molar-refractivity contribution in [2.45, 2.75) is 11.1 Å². The van der Waals surface area contributed by atoms with Crippen LogP contribution in [0.2, 0.25) is 0 Å². The highest BCUT2D eigenvalue weighted by molar-refractivity contribution is 14.1. The number of pyridine rings is 2. The molecule has 0 spiro atoms. The van der Waals surface area contributed by atoms with Gasteiger partial charge in [-0.15, -0.1) is 0 Å². The first-order chi connectivity index (χ1) is 13.1. The number of H-pyrrole nitrogens is 1. The number of aromatic amines is 1. The Kier molecular flexibility index (Phi) is 4.80. The van der Waals surface area contributed by atoms with Crippen molar-refractivity contribution < 1.29 is 0 Å². The standard InChI is InChI=1S/C19H17IN6O/c20-11-26-10-14(9-24-26)16-7-17(27)18(21)19(25-16)23-8-12-3-4-15-13(6-12)2-1-5-22-15/h1-7,9-10H,8,11,21H2,(H2,23,25,27). The Hall–Kier alpha value is -2.88. The number of rotatable bonds is 5. The van der Waals surface area contributed by atoms with Gasteiger partial charge in [-0.3, -0.25) is 14.5 Å². The van der Waals surface area contributed by atoms with Gasteiger partial charge in [0.25, 0.3) is 0 Å². The Balaban J connectivity index is 1.61. The summed E-state index contributed by atoms with van der Waals surface area (Å²) in [6.45, 7) is 0.529. The van der Waals surface area contributed by atoms with E-state index in [1.807, 2.05) is 30.5 Å². The van der Waals surface area contributed by atoms with E-state index in [9.17, 15) is 4.79 Å². The molecule has 136 valence electrons. The summed E-state index contributed by atoms with van der Waals surface area (Å²) >= 11 is 2.22. The molecule has 4 N–H and O–H groups in total. The minimum Gasteiger partial charge on any atom is -0.393 e. The molecule has 0 amide bonds. The van der Waals surface area contributed by atoms with Crippen LogP contribution in [-0.2, 0) is 11.1 Å². The lowest BCUT2D eigenvalue weighted by atomic mass is 10.1. The molecule has 3 heterocycles. The van der Waals surface area contributed by atoms with Crippen LogP contribution in [0.25, 0.3) is 22.2 Å². The zero-order chi connectivity index (χ0) is 18.8. The van der Waals surface area contributed by atoms with E-state index in [2.05, 4.69) is 49.0 Å². The molecule has 0 unspecified atom stereocenters. The number of hydrogen-bond donors (Lipinski definition) is 3. The summed E-state index contributed by atoms with van der Waals surface area (Å²) in [5.41, 5.74) is 9.45. The van der Waals surface area contributed by atoms with Crippen LogP contribution < -0.4 is 16.5 Å². The van der Waals surface area contributed by atoms with Crippen LogP contribution in [0.4, 0.5) is 11.5 Å². The summed E-state index contributed by atoms with van der Waals surface area (Å²) in [6.07, 6.45) is 5.38. The summed E-state index contributed by atoms with van der Waals surface area (Å²) in [5, 5.41) is 8.55. The van der Waals surface area contributed by atoms with E-state index >= 15 is 0 Å². The Morgan fingerprint density at radius 1 is 1.26 bits per heavy atom. The molecule has 0 bridgehead atoms. The van der Waals surface area contributed by atoms with Gasteiger partial charge in [0.2, 0.25) is 5.43 Å². The number of benzene rings is 1. The molecule has 1 aromatic carbocycles. The highest BCUT2D eigenvalue weighted by atomic mass is 127. The number of nitrogens with one attached hydrogen (secondary N) is 2. The van der Waals surface area contributed by atoms with Gasteiger partial charge in [-0.25, -0.2) is 0 Å². The summed E-state index contributed by atoms with van der Waals surface area (Å²) in [7, 11) is 0. The van der Waals surface area contributed by atoms with Crippen molar-refractivity contribution >= 4 is 45.0 Å². The molecule has 0 fully saturated rings. The Morgan fingerprint density at radius 3 is 2.96 bits per heavy atom. The summed E-state index contributed by atoms with van der Waals surface area (Å²) in [5.74, 6) is 0.506. The van der Waals surface area contributed by atoms with Crippen molar-refractivity contribution in [1.82, 2.24) is 19.7 Å². The molecule has 0 aliphatic carbocycles. The Bertz CT molecular complexity index is 1170. The van der Waals surface area contributed by atoms with E-state index in [0.717, 1.165) is 26.6 Å². The van der Waals surface area contributed by atoms with Gasteiger partial charge >= 0.3 is 0 Å². The minimum absolute atomic E-state index is 0.169. The molecule has 0 saturated heterocycles. The number of nitrogens with zero attached hydrogens (tertiary/aromatic N) is 3. The topological polar surface area (TPSA) is 102 Å². The van der Waals surface area contributed by atoms with Crippen LogP contribution in [0.15, 0.2) is 59.8 Å².